The number of carbonyl (C=O) groups excluding carboxylic acids is 2. The van der Waals surface area contributed by atoms with E-state index in [2.05, 4.69) is 0 Å². The highest BCUT2D eigenvalue weighted by molar-refractivity contribution is 6.33. The first kappa shape index (κ1) is 16.8. The number of hydrogen-bond acceptors (Lipinski definition) is 5. The predicted octanol–water partition coefficient (Wildman–Crippen LogP) is 3.09. The number of carbonyl (C=O) groups is 2. The maximum absolute atomic E-state index is 12.2. The molecule has 1 aromatic carbocycles. The highest BCUT2D eigenvalue weighted by Crippen LogP contribution is 2.37. The van der Waals surface area contributed by atoms with Gasteiger partial charge in [-0.3, -0.25) is 4.79 Å². The van der Waals surface area contributed by atoms with Gasteiger partial charge in [0.15, 0.2) is 5.78 Å². The lowest BCUT2D eigenvalue weighted by Crippen LogP contribution is -2.12. The van der Waals surface area contributed by atoms with E-state index < -0.39 is 17.5 Å². The van der Waals surface area contributed by atoms with Crippen molar-refractivity contribution in [2.45, 2.75) is 12.8 Å². The normalized spacial score (nSPS) is 20.0. The number of aromatic hydroxyl groups is 2. The zero-order valence-electron chi connectivity index (χ0n) is 12.2. The second kappa shape index (κ2) is 7.65. The number of ketones is 1. The Morgan fingerprint density at radius 1 is 1.04 bits per heavy atom. The van der Waals surface area contributed by atoms with E-state index in [0.29, 0.717) is 6.42 Å². The van der Waals surface area contributed by atoms with Crippen molar-refractivity contribution in [2.24, 2.45) is 0 Å². The standard InChI is InChI=1S/C17H15ClO5/c18-16-12-9-11(19)7-5-3-1-2-4-6-8-23-17(22)15(12)13(20)10-14(16)21/h1,3-7,10,20-21H,2,8-9H2/b3-1-,6-4-,7-5+. The van der Waals surface area contributed by atoms with Gasteiger partial charge in [0.25, 0.3) is 0 Å². The van der Waals surface area contributed by atoms with Crippen LogP contribution < -0.4 is 0 Å². The summed E-state index contributed by atoms with van der Waals surface area (Å²) < 4.78 is 5.04. The average molecular weight is 335 g/mol. The van der Waals surface area contributed by atoms with Crippen LogP contribution in [0.1, 0.15) is 22.3 Å². The van der Waals surface area contributed by atoms with Crippen LogP contribution >= 0.6 is 11.6 Å². The van der Waals surface area contributed by atoms with Gasteiger partial charge in [0.2, 0.25) is 0 Å². The van der Waals surface area contributed by atoms with Gasteiger partial charge in [-0.05, 0) is 12.5 Å². The van der Waals surface area contributed by atoms with Gasteiger partial charge < -0.3 is 14.9 Å². The largest absolute Gasteiger partial charge is 0.507 e. The van der Waals surface area contributed by atoms with Crippen LogP contribution in [0.3, 0.4) is 0 Å². The van der Waals surface area contributed by atoms with Gasteiger partial charge >= 0.3 is 5.97 Å². The number of cyclic esters (lactones) is 1. The van der Waals surface area contributed by atoms with E-state index in [9.17, 15) is 19.8 Å². The molecule has 0 aromatic heterocycles. The van der Waals surface area contributed by atoms with E-state index >= 15 is 0 Å². The van der Waals surface area contributed by atoms with Gasteiger partial charge in [0.05, 0.1) is 5.02 Å². The molecule has 6 heteroatoms. The molecule has 1 aromatic rings. The lowest BCUT2D eigenvalue weighted by molar-refractivity contribution is -0.114. The fourth-order valence-electron chi connectivity index (χ4n) is 2.07. The lowest BCUT2D eigenvalue weighted by atomic mass is 10.00. The Kier molecular flexibility index (Phi) is 5.60. The fraction of sp³-hybridized carbons (Fsp3) is 0.176. The number of benzene rings is 1. The Labute approximate surface area is 138 Å². The number of esters is 1. The van der Waals surface area contributed by atoms with Crippen LogP contribution in [-0.4, -0.2) is 28.6 Å². The van der Waals surface area contributed by atoms with Crippen LogP contribution in [0.2, 0.25) is 5.02 Å². The molecule has 1 heterocycles. The third-order valence-electron chi connectivity index (χ3n) is 3.16. The van der Waals surface area contributed by atoms with Crippen LogP contribution in [0.25, 0.3) is 0 Å². The monoisotopic (exact) mass is 334 g/mol. The summed E-state index contributed by atoms with van der Waals surface area (Å²) >= 11 is 5.99. The molecule has 120 valence electrons. The Balaban J connectivity index is 2.50. The summed E-state index contributed by atoms with van der Waals surface area (Å²) in [6.45, 7) is 0.0217. The third-order valence-corrected chi connectivity index (χ3v) is 3.58. The van der Waals surface area contributed by atoms with Crippen molar-refractivity contribution in [1.29, 1.82) is 0 Å². The summed E-state index contributed by atoms with van der Waals surface area (Å²) in [6.07, 6.45) is 10.3. The maximum Gasteiger partial charge on any atom is 0.342 e. The number of phenolic OH excluding ortho intramolecular Hbond substituents is 2. The van der Waals surface area contributed by atoms with Gasteiger partial charge in [0.1, 0.15) is 23.7 Å². The van der Waals surface area contributed by atoms with Crippen molar-refractivity contribution in [1.82, 2.24) is 0 Å². The molecular weight excluding hydrogens is 320 g/mol. The predicted molar refractivity (Wildman–Crippen MR) is 85.8 cm³/mol. The highest BCUT2D eigenvalue weighted by Gasteiger charge is 2.24. The molecule has 0 bridgehead atoms. The molecule has 1 aliphatic heterocycles. The number of halogens is 1. The number of rotatable bonds is 0. The summed E-state index contributed by atoms with van der Waals surface area (Å²) in [6, 6.07) is 0.949. The minimum Gasteiger partial charge on any atom is -0.507 e. The van der Waals surface area contributed by atoms with Gasteiger partial charge in [-0.1, -0.05) is 42.0 Å². The molecule has 0 saturated heterocycles. The van der Waals surface area contributed by atoms with Crippen LogP contribution in [0, 0.1) is 0 Å². The van der Waals surface area contributed by atoms with Crippen LogP contribution in [0.4, 0.5) is 0 Å². The summed E-state index contributed by atoms with van der Waals surface area (Å²) in [5.41, 5.74) is -0.176. The molecular formula is C17H15ClO5. The van der Waals surface area contributed by atoms with Gasteiger partial charge in [-0.2, -0.15) is 0 Å². The van der Waals surface area contributed by atoms with E-state index in [0.717, 1.165) is 6.07 Å². The summed E-state index contributed by atoms with van der Waals surface area (Å²) in [7, 11) is 0. The first-order valence-electron chi connectivity index (χ1n) is 6.92. The van der Waals surface area contributed by atoms with Crippen molar-refractivity contribution in [3.8, 4) is 11.5 Å². The smallest absolute Gasteiger partial charge is 0.342 e. The average Bonchev–Trinajstić information content (AvgIpc) is 2.50. The number of phenols is 2. The molecule has 5 nitrogen and oxygen atoms in total. The van der Waals surface area contributed by atoms with Crippen molar-refractivity contribution >= 4 is 23.4 Å². The van der Waals surface area contributed by atoms with Gasteiger partial charge in [-0.15, -0.1) is 0 Å². The number of ether oxygens (including phenoxy) is 1. The molecule has 1 aliphatic rings. The molecule has 2 N–H and O–H groups in total. The zero-order chi connectivity index (χ0) is 16.8. The Morgan fingerprint density at radius 3 is 2.61 bits per heavy atom. The Bertz CT molecular complexity index is 716. The molecule has 0 atom stereocenters. The van der Waals surface area contributed by atoms with Crippen molar-refractivity contribution in [3.05, 3.63) is 58.7 Å². The van der Waals surface area contributed by atoms with E-state index in [4.69, 9.17) is 16.3 Å². The molecule has 0 unspecified atom stereocenters. The molecule has 0 fully saturated rings. The molecule has 0 radical (unpaired) electrons. The summed E-state index contributed by atoms with van der Waals surface area (Å²) in [4.78, 5) is 24.2. The van der Waals surface area contributed by atoms with Crippen LogP contribution in [-0.2, 0) is 16.0 Å². The van der Waals surface area contributed by atoms with Crippen LogP contribution in [0.15, 0.2) is 42.5 Å². The van der Waals surface area contributed by atoms with Gasteiger partial charge in [0, 0.05) is 18.1 Å². The Hall–Kier alpha value is -2.53. The highest BCUT2D eigenvalue weighted by atomic mass is 35.5. The van der Waals surface area contributed by atoms with E-state index in [-0.39, 0.29) is 35.0 Å². The first-order valence-corrected chi connectivity index (χ1v) is 7.30. The topological polar surface area (TPSA) is 83.8 Å². The summed E-state index contributed by atoms with van der Waals surface area (Å²) in [5.74, 6) is -2.04. The Morgan fingerprint density at radius 2 is 1.83 bits per heavy atom. The quantitative estimate of drug-likeness (QED) is 0.562. The van der Waals surface area contributed by atoms with Crippen LogP contribution in [0.5, 0.6) is 11.5 Å². The second-order valence-corrected chi connectivity index (χ2v) is 5.20. The number of hydrogen-bond donors (Lipinski definition) is 2. The van der Waals surface area contributed by atoms with Crippen molar-refractivity contribution in [3.63, 3.8) is 0 Å². The minimum atomic E-state index is -0.812. The number of fused-ring (bicyclic) bond motifs is 1. The minimum absolute atomic E-state index is 0.0217. The first-order chi connectivity index (χ1) is 11.0. The molecule has 23 heavy (non-hydrogen) atoms. The van der Waals surface area contributed by atoms with Gasteiger partial charge in [-0.25, -0.2) is 4.79 Å². The second-order valence-electron chi connectivity index (χ2n) is 4.82. The molecule has 0 aliphatic carbocycles. The zero-order valence-corrected chi connectivity index (χ0v) is 12.9. The molecule has 0 spiro atoms. The van der Waals surface area contributed by atoms with E-state index in [1.165, 1.54) is 6.08 Å². The molecule has 2 rings (SSSR count). The SMILES string of the molecule is O=C1/C=C/C=C\C/C=C\COC(=O)c2c(O)cc(O)c(Cl)c2C1. The third kappa shape index (κ3) is 4.23. The molecule has 0 saturated carbocycles. The van der Waals surface area contributed by atoms with E-state index in [1.807, 2.05) is 6.08 Å². The molecule has 0 amide bonds. The van der Waals surface area contributed by atoms with E-state index in [1.54, 1.807) is 24.3 Å². The fourth-order valence-corrected chi connectivity index (χ4v) is 2.29. The maximum atomic E-state index is 12.2. The number of allylic oxidation sites excluding steroid dienone is 5. The van der Waals surface area contributed by atoms with Crippen molar-refractivity contribution < 1.29 is 24.5 Å². The summed E-state index contributed by atoms with van der Waals surface area (Å²) in [5, 5.41) is 19.5. The lowest BCUT2D eigenvalue weighted by Gasteiger charge is -2.13. The van der Waals surface area contributed by atoms with Crippen molar-refractivity contribution in [2.75, 3.05) is 6.61 Å².